The van der Waals surface area contributed by atoms with Crippen LogP contribution in [0.4, 0.5) is 0 Å². The minimum Gasteiger partial charge on any atom is -0.394 e. The number of hydrogen-bond acceptors (Lipinski definition) is 3. The fourth-order valence-electron chi connectivity index (χ4n) is 2.33. The highest BCUT2D eigenvalue weighted by Crippen LogP contribution is 2.39. The lowest BCUT2D eigenvalue weighted by atomic mass is 9.88. The van der Waals surface area contributed by atoms with Crippen molar-refractivity contribution < 1.29 is 14.6 Å². The summed E-state index contributed by atoms with van der Waals surface area (Å²) in [6, 6.07) is 0. The van der Waals surface area contributed by atoms with E-state index in [1.54, 1.807) is 0 Å². The predicted octanol–water partition coefficient (Wildman–Crippen LogP) is 1.98. The first-order valence-electron chi connectivity index (χ1n) is 6.04. The molecule has 0 atom stereocenters. The van der Waals surface area contributed by atoms with E-state index < -0.39 is 0 Å². The molecule has 1 aliphatic carbocycles. The van der Waals surface area contributed by atoms with E-state index in [4.69, 9.17) is 14.6 Å². The average molecular weight is 216 g/mol. The quantitative estimate of drug-likeness (QED) is 0.661. The summed E-state index contributed by atoms with van der Waals surface area (Å²) in [5.41, 5.74) is 0.0998. The molecule has 3 heteroatoms. The number of ether oxygens (including phenoxy) is 2. The predicted molar refractivity (Wildman–Crippen MR) is 59.9 cm³/mol. The summed E-state index contributed by atoms with van der Waals surface area (Å²) >= 11 is 0. The molecule has 90 valence electrons. The first-order chi connectivity index (χ1) is 7.21. The maximum atomic E-state index is 8.55. The molecule has 0 spiro atoms. The Bertz CT molecular complexity index is 162. The minimum absolute atomic E-state index is 0.0926. The van der Waals surface area contributed by atoms with Crippen LogP contribution >= 0.6 is 0 Å². The van der Waals surface area contributed by atoms with E-state index in [1.165, 1.54) is 25.7 Å². The Kier molecular flexibility index (Phi) is 5.58. The third kappa shape index (κ3) is 3.74. The normalized spacial score (nSPS) is 20.0. The maximum Gasteiger partial charge on any atom is 0.0708 e. The van der Waals surface area contributed by atoms with E-state index >= 15 is 0 Å². The zero-order chi connectivity index (χ0) is 11.1. The molecule has 0 heterocycles. The Hall–Kier alpha value is -0.120. The van der Waals surface area contributed by atoms with Crippen LogP contribution < -0.4 is 0 Å². The highest BCUT2D eigenvalue weighted by Gasteiger charge is 2.37. The molecular formula is C12H24O3. The molecule has 0 saturated heterocycles. The van der Waals surface area contributed by atoms with Gasteiger partial charge in [0, 0.05) is 0 Å². The van der Waals surface area contributed by atoms with E-state index in [0.717, 1.165) is 0 Å². The summed E-state index contributed by atoms with van der Waals surface area (Å²) in [6.07, 6.45) is 4.95. The second kappa shape index (κ2) is 6.46. The van der Waals surface area contributed by atoms with Crippen LogP contribution in [0.5, 0.6) is 0 Å². The molecule has 1 rings (SSSR count). The van der Waals surface area contributed by atoms with Gasteiger partial charge in [-0.2, -0.15) is 0 Å². The SMILES string of the molecule is CC(C)C1(OCCOCCO)CCCC1. The molecule has 1 aliphatic rings. The minimum atomic E-state index is 0.0926. The third-order valence-corrected chi connectivity index (χ3v) is 3.35. The lowest BCUT2D eigenvalue weighted by Gasteiger charge is -2.33. The van der Waals surface area contributed by atoms with Crippen molar-refractivity contribution in [1.82, 2.24) is 0 Å². The summed E-state index contributed by atoms with van der Waals surface area (Å²) in [6.45, 7) is 6.22. The van der Waals surface area contributed by atoms with Crippen molar-refractivity contribution in [3.8, 4) is 0 Å². The van der Waals surface area contributed by atoms with Crippen LogP contribution in [0, 0.1) is 5.92 Å². The molecule has 0 bridgehead atoms. The smallest absolute Gasteiger partial charge is 0.0708 e. The largest absolute Gasteiger partial charge is 0.394 e. The molecule has 1 saturated carbocycles. The molecule has 3 nitrogen and oxygen atoms in total. The van der Waals surface area contributed by atoms with Gasteiger partial charge in [-0.05, 0) is 18.8 Å². The number of aliphatic hydroxyl groups is 1. The zero-order valence-electron chi connectivity index (χ0n) is 10.00. The number of hydrogen-bond donors (Lipinski definition) is 1. The van der Waals surface area contributed by atoms with Gasteiger partial charge in [-0.15, -0.1) is 0 Å². The van der Waals surface area contributed by atoms with Gasteiger partial charge in [0.15, 0.2) is 0 Å². The van der Waals surface area contributed by atoms with Gasteiger partial charge in [-0.3, -0.25) is 0 Å². The Morgan fingerprint density at radius 1 is 1.13 bits per heavy atom. The first kappa shape index (κ1) is 12.9. The Morgan fingerprint density at radius 3 is 2.33 bits per heavy atom. The van der Waals surface area contributed by atoms with Crippen LogP contribution in [0.15, 0.2) is 0 Å². The Morgan fingerprint density at radius 2 is 1.80 bits per heavy atom. The van der Waals surface area contributed by atoms with Gasteiger partial charge in [0.25, 0.3) is 0 Å². The summed E-state index contributed by atoms with van der Waals surface area (Å²) in [5, 5.41) is 8.55. The van der Waals surface area contributed by atoms with E-state index in [9.17, 15) is 0 Å². The van der Waals surface area contributed by atoms with Crippen molar-refractivity contribution in [2.75, 3.05) is 26.4 Å². The lowest BCUT2D eigenvalue weighted by Crippen LogP contribution is -2.36. The highest BCUT2D eigenvalue weighted by molar-refractivity contribution is 4.89. The van der Waals surface area contributed by atoms with Gasteiger partial charge in [0.2, 0.25) is 0 Å². The lowest BCUT2D eigenvalue weighted by molar-refractivity contribution is -0.0920. The second-order valence-electron chi connectivity index (χ2n) is 4.61. The van der Waals surface area contributed by atoms with Crippen LogP contribution in [0.1, 0.15) is 39.5 Å². The molecule has 0 unspecified atom stereocenters. The fourth-order valence-corrected chi connectivity index (χ4v) is 2.33. The average Bonchev–Trinajstić information content (AvgIpc) is 2.67. The van der Waals surface area contributed by atoms with Crippen molar-refractivity contribution in [2.45, 2.75) is 45.1 Å². The molecule has 0 amide bonds. The molecule has 15 heavy (non-hydrogen) atoms. The summed E-state index contributed by atoms with van der Waals surface area (Å²) in [5.74, 6) is 0.581. The van der Waals surface area contributed by atoms with Crippen molar-refractivity contribution in [3.63, 3.8) is 0 Å². The van der Waals surface area contributed by atoms with Gasteiger partial charge >= 0.3 is 0 Å². The monoisotopic (exact) mass is 216 g/mol. The van der Waals surface area contributed by atoms with E-state index in [1.807, 2.05) is 0 Å². The maximum absolute atomic E-state index is 8.55. The molecule has 0 aromatic carbocycles. The fraction of sp³-hybridized carbons (Fsp3) is 1.00. The van der Waals surface area contributed by atoms with Gasteiger partial charge in [0.05, 0.1) is 32.0 Å². The van der Waals surface area contributed by atoms with E-state index in [2.05, 4.69) is 13.8 Å². The van der Waals surface area contributed by atoms with Crippen LogP contribution in [0.25, 0.3) is 0 Å². The van der Waals surface area contributed by atoms with Gasteiger partial charge in [-0.1, -0.05) is 26.7 Å². The molecular weight excluding hydrogens is 192 g/mol. The topological polar surface area (TPSA) is 38.7 Å². The summed E-state index contributed by atoms with van der Waals surface area (Å²) < 4.78 is 11.2. The van der Waals surface area contributed by atoms with Gasteiger partial charge in [-0.25, -0.2) is 0 Å². The van der Waals surface area contributed by atoms with Crippen molar-refractivity contribution in [1.29, 1.82) is 0 Å². The van der Waals surface area contributed by atoms with Crippen molar-refractivity contribution >= 4 is 0 Å². The molecule has 0 radical (unpaired) electrons. The van der Waals surface area contributed by atoms with Gasteiger partial charge < -0.3 is 14.6 Å². The Labute approximate surface area is 92.8 Å². The van der Waals surface area contributed by atoms with Crippen molar-refractivity contribution in [3.05, 3.63) is 0 Å². The number of aliphatic hydroxyl groups excluding tert-OH is 1. The van der Waals surface area contributed by atoms with E-state index in [0.29, 0.717) is 25.7 Å². The standard InChI is InChI=1S/C12H24O3/c1-11(2)12(5-3-4-6-12)15-10-9-14-8-7-13/h11,13H,3-10H2,1-2H3. The first-order valence-corrected chi connectivity index (χ1v) is 6.04. The van der Waals surface area contributed by atoms with E-state index in [-0.39, 0.29) is 12.2 Å². The third-order valence-electron chi connectivity index (χ3n) is 3.35. The molecule has 0 aromatic heterocycles. The van der Waals surface area contributed by atoms with Crippen LogP contribution in [0.3, 0.4) is 0 Å². The summed E-state index contributed by atoms with van der Waals surface area (Å²) in [4.78, 5) is 0. The van der Waals surface area contributed by atoms with Crippen LogP contribution in [0.2, 0.25) is 0 Å². The summed E-state index contributed by atoms with van der Waals surface area (Å²) in [7, 11) is 0. The van der Waals surface area contributed by atoms with Crippen molar-refractivity contribution in [2.24, 2.45) is 5.92 Å². The van der Waals surface area contributed by atoms with Crippen LogP contribution in [-0.4, -0.2) is 37.1 Å². The van der Waals surface area contributed by atoms with Gasteiger partial charge in [0.1, 0.15) is 0 Å². The van der Waals surface area contributed by atoms with Crippen LogP contribution in [-0.2, 0) is 9.47 Å². The molecule has 0 aromatic rings. The Balaban J connectivity index is 2.21. The highest BCUT2D eigenvalue weighted by atomic mass is 16.5. The number of rotatable bonds is 7. The molecule has 0 aliphatic heterocycles. The molecule has 1 fully saturated rings. The zero-order valence-corrected chi connectivity index (χ0v) is 10.00. The second-order valence-corrected chi connectivity index (χ2v) is 4.61. The molecule has 1 N–H and O–H groups in total.